The number of esters is 4. The van der Waals surface area contributed by atoms with Crippen molar-refractivity contribution in [3.05, 3.63) is 192 Å². The summed E-state index contributed by atoms with van der Waals surface area (Å²) in [4.78, 5) is 55.8. The molecule has 2 N–H and O–H groups in total. The third-order valence-corrected chi connectivity index (χ3v) is 14.4. The molecule has 0 saturated heterocycles. The van der Waals surface area contributed by atoms with E-state index in [0.29, 0.717) is 34.5 Å². The van der Waals surface area contributed by atoms with Gasteiger partial charge in [-0.15, -0.1) is 0 Å². The van der Waals surface area contributed by atoms with Crippen LogP contribution >= 0.6 is 0 Å². The monoisotopic (exact) mass is 1290 g/mol. The van der Waals surface area contributed by atoms with E-state index in [2.05, 4.69) is 47.4 Å². The van der Waals surface area contributed by atoms with Crippen molar-refractivity contribution in [2.45, 2.75) is 127 Å². The van der Waals surface area contributed by atoms with E-state index in [1.54, 1.807) is 61.0 Å². The van der Waals surface area contributed by atoms with Crippen LogP contribution in [0.15, 0.2) is 169 Å². The standard InChI is InChI=1S/2C29H27NO6.2C5H10.Cu.2Fe/c2*1-2-28(32)35-19-34-25-14-9-22(10-15-25)29(33)36-26-16-11-23(27(31)17-26)18-30-24-12-7-21(8-13-24)20-5-3-4-6-20;2*1-2-4-5-3-1;;;/h2*2,7-18,20,31H,1,3-6,19H2;2*1-5H2;;;. The Balaban J connectivity index is 0.000000302. The summed E-state index contributed by atoms with van der Waals surface area (Å²) in [5.41, 5.74) is 5.92. The van der Waals surface area contributed by atoms with Crippen LogP contribution in [0.5, 0.6) is 34.5 Å². The van der Waals surface area contributed by atoms with Gasteiger partial charge in [-0.25, -0.2) is 19.2 Å². The summed E-state index contributed by atoms with van der Waals surface area (Å²) >= 11 is 0. The maximum Gasteiger partial charge on any atom is 0.343 e. The largest absolute Gasteiger partial charge is 0.507 e. The molecule has 10 rings (SSSR count). The Morgan fingerprint density at radius 3 is 1.04 bits per heavy atom. The molecule has 6 aromatic carbocycles. The smallest absolute Gasteiger partial charge is 0.343 e. The molecular weight excluding hydrogens is 1210 g/mol. The SMILES string of the molecule is C1CCCC1.C1CCCC1.C=CC(=O)OCOc1ccc(C(=O)Oc2ccc(C=Nc3ccc(C4CCCC4)cc3)c(O)c2)cc1.C=CC(=O)OCOc1ccc(C(=O)Oc2ccc(C=Nc3ccc(C4CCCC4)cc3)c(O)c2)cc1.[Cu].[Fe].[Fe]. The fraction of sp³-hybridized carbons (Fsp3) is 0.324. The van der Waals surface area contributed by atoms with Gasteiger partial charge in [-0.2, -0.15) is 0 Å². The third-order valence-electron chi connectivity index (χ3n) is 14.4. The number of benzene rings is 6. The van der Waals surface area contributed by atoms with Crippen molar-refractivity contribution in [1.29, 1.82) is 0 Å². The number of phenolic OH excluding ortho intramolecular Hbond substituents is 2. The van der Waals surface area contributed by atoms with Gasteiger partial charge in [0.25, 0.3) is 0 Å². The number of rotatable bonds is 18. The molecule has 14 nitrogen and oxygen atoms in total. The van der Waals surface area contributed by atoms with E-state index >= 15 is 0 Å². The first-order chi connectivity index (χ1) is 40.0. The van der Waals surface area contributed by atoms with Crippen LogP contribution in [-0.4, -0.2) is 60.1 Å². The van der Waals surface area contributed by atoms with Crippen LogP contribution < -0.4 is 18.9 Å². The molecule has 85 heavy (non-hydrogen) atoms. The van der Waals surface area contributed by atoms with E-state index < -0.39 is 23.9 Å². The van der Waals surface area contributed by atoms with Crippen LogP contribution in [0.25, 0.3) is 0 Å². The molecule has 0 aromatic heterocycles. The van der Waals surface area contributed by atoms with Crippen molar-refractivity contribution < 1.29 is 109 Å². The molecule has 0 spiro atoms. The molecule has 0 heterocycles. The predicted octanol–water partition coefficient (Wildman–Crippen LogP) is 16.1. The quantitative estimate of drug-likeness (QED) is 0.0207. The van der Waals surface area contributed by atoms with Crippen LogP contribution in [0.3, 0.4) is 0 Å². The first-order valence-corrected chi connectivity index (χ1v) is 28.5. The number of carbonyl (C=O) groups excluding carboxylic acids is 4. The molecule has 4 aliphatic carbocycles. The van der Waals surface area contributed by atoms with Gasteiger partial charge >= 0.3 is 23.9 Å². The van der Waals surface area contributed by atoms with Gasteiger partial charge < -0.3 is 38.6 Å². The van der Waals surface area contributed by atoms with E-state index in [4.69, 9.17) is 28.4 Å². The molecule has 4 aliphatic rings. The van der Waals surface area contributed by atoms with Gasteiger partial charge in [0.2, 0.25) is 13.6 Å². The fourth-order valence-electron chi connectivity index (χ4n) is 9.77. The van der Waals surface area contributed by atoms with Gasteiger partial charge in [-0.05, 0) is 146 Å². The molecule has 6 aromatic rings. The molecule has 0 aliphatic heterocycles. The van der Waals surface area contributed by atoms with Crippen molar-refractivity contribution >= 4 is 47.7 Å². The second kappa shape index (κ2) is 38.7. The summed E-state index contributed by atoms with van der Waals surface area (Å²) in [5.74, 6) is 0.0627. The van der Waals surface area contributed by atoms with Crippen molar-refractivity contribution in [3.63, 3.8) is 0 Å². The summed E-state index contributed by atoms with van der Waals surface area (Å²) in [6.07, 6.45) is 30.4. The van der Waals surface area contributed by atoms with Crippen molar-refractivity contribution in [2.24, 2.45) is 9.98 Å². The molecule has 0 atom stereocenters. The summed E-state index contributed by atoms with van der Waals surface area (Å²) in [6, 6.07) is 37.9. The zero-order chi connectivity index (χ0) is 57.7. The summed E-state index contributed by atoms with van der Waals surface area (Å²) < 4.78 is 30.7. The van der Waals surface area contributed by atoms with Crippen LogP contribution in [0.2, 0.25) is 0 Å². The Kier molecular flexibility index (Phi) is 32.0. The van der Waals surface area contributed by atoms with Crippen molar-refractivity contribution in [2.75, 3.05) is 13.6 Å². The van der Waals surface area contributed by atoms with Gasteiger partial charge in [0.05, 0.1) is 22.5 Å². The summed E-state index contributed by atoms with van der Waals surface area (Å²) in [6.45, 7) is 6.05. The van der Waals surface area contributed by atoms with E-state index in [0.717, 1.165) is 23.5 Å². The van der Waals surface area contributed by atoms with E-state index in [9.17, 15) is 29.4 Å². The first kappa shape index (κ1) is 70.3. The van der Waals surface area contributed by atoms with E-state index in [-0.39, 0.29) is 98.9 Å². The van der Waals surface area contributed by atoms with Crippen LogP contribution in [0.1, 0.15) is 170 Å². The van der Waals surface area contributed by atoms with Crippen LogP contribution in [-0.2, 0) is 70.3 Å². The Labute approximate surface area is 531 Å². The minimum absolute atomic E-state index is 0. The van der Waals surface area contributed by atoms with Gasteiger partial charge in [-0.1, -0.05) is 127 Å². The average molecular weight is 1290 g/mol. The number of aliphatic imine (C=N–C) groups is 2. The van der Waals surface area contributed by atoms with Gasteiger partial charge in [0.1, 0.15) is 34.5 Å². The minimum Gasteiger partial charge on any atom is -0.507 e. The number of hydrogen-bond donors (Lipinski definition) is 2. The first-order valence-electron chi connectivity index (χ1n) is 28.5. The fourth-order valence-corrected chi connectivity index (χ4v) is 9.77. The molecule has 17 heteroatoms. The summed E-state index contributed by atoms with van der Waals surface area (Å²) in [5, 5.41) is 20.8. The minimum atomic E-state index is -0.595. The number of aromatic hydroxyl groups is 2. The van der Waals surface area contributed by atoms with E-state index in [1.165, 1.54) is 163 Å². The molecular formula is C68H74CuFe2N2O12. The van der Waals surface area contributed by atoms with Crippen molar-refractivity contribution in [3.8, 4) is 34.5 Å². The summed E-state index contributed by atoms with van der Waals surface area (Å²) in [7, 11) is 0. The predicted molar refractivity (Wildman–Crippen MR) is 319 cm³/mol. The van der Waals surface area contributed by atoms with E-state index in [1.807, 2.05) is 24.3 Å². The van der Waals surface area contributed by atoms with Gasteiger partial charge in [-0.3, -0.25) is 9.98 Å². The molecule has 0 unspecified atom stereocenters. The number of phenols is 2. The Bertz CT molecular complexity index is 2860. The van der Waals surface area contributed by atoms with Crippen molar-refractivity contribution in [1.82, 2.24) is 0 Å². The number of hydrogen-bond acceptors (Lipinski definition) is 14. The zero-order valence-electron chi connectivity index (χ0n) is 47.6. The second-order valence-electron chi connectivity index (χ2n) is 20.3. The number of carbonyl (C=O) groups is 4. The Morgan fingerprint density at radius 2 is 0.741 bits per heavy atom. The molecule has 455 valence electrons. The van der Waals surface area contributed by atoms with Crippen LogP contribution in [0.4, 0.5) is 11.4 Å². The normalized spacial score (nSPS) is 14.2. The zero-order valence-corrected chi connectivity index (χ0v) is 50.8. The van der Waals surface area contributed by atoms with Crippen LogP contribution in [0, 0.1) is 0 Å². The molecule has 0 amide bonds. The molecule has 4 fully saturated rings. The Hall–Kier alpha value is -7.22. The Morgan fingerprint density at radius 1 is 0.435 bits per heavy atom. The van der Waals surface area contributed by atoms with Gasteiger partial charge in [0.15, 0.2) is 0 Å². The van der Waals surface area contributed by atoms with Gasteiger partial charge in [0, 0.05) is 99.0 Å². The number of ether oxygens (including phenoxy) is 6. The topological polar surface area (TPSA) is 189 Å². The maximum atomic E-state index is 12.4. The molecule has 0 bridgehead atoms. The molecule has 1 radical (unpaired) electrons. The maximum absolute atomic E-state index is 12.4. The average Bonchev–Trinajstić information content (AvgIpc) is 4.55. The second-order valence-corrected chi connectivity index (χ2v) is 20.3. The number of nitrogens with zero attached hydrogens (tertiary/aromatic N) is 2. The third kappa shape index (κ3) is 24.4. The molecule has 4 saturated carbocycles.